The molecule has 0 aromatic carbocycles. The molecule has 0 radical (unpaired) electrons. The number of thiazole rings is 1. The molecule has 0 amide bonds. The quantitative estimate of drug-likeness (QED) is 0.691. The van der Waals surface area contributed by atoms with E-state index in [-0.39, 0.29) is 12.6 Å². The third kappa shape index (κ3) is 3.26. The van der Waals surface area contributed by atoms with Crippen molar-refractivity contribution in [3.8, 4) is 0 Å². The molecule has 0 saturated carbocycles. The Morgan fingerprint density at radius 2 is 2.47 bits per heavy atom. The van der Waals surface area contributed by atoms with Crippen LogP contribution < -0.4 is 5.32 Å². The SMILES string of the molecule is CC(NCC(C)(O)C(=O)O)c1nccs1. The molecule has 0 fully saturated rings. The van der Waals surface area contributed by atoms with Crippen molar-refractivity contribution in [3.63, 3.8) is 0 Å². The molecule has 2 unspecified atom stereocenters. The number of nitrogens with one attached hydrogen (secondary N) is 1. The molecule has 0 aliphatic rings. The Balaban J connectivity index is 2.47. The summed E-state index contributed by atoms with van der Waals surface area (Å²) in [6, 6.07) is -0.0594. The molecular weight excluding hydrogens is 216 g/mol. The van der Waals surface area contributed by atoms with Crippen molar-refractivity contribution < 1.29 is 15.0 Å². The van der Waals surface area contributed by atoms with E-state index in [1.807, 2.05) is 12.3 Å². The lowest BCUT2D eigenvalue weighted by Crippen LogP contribution is -2.45. The Bertz CT molecular complexity index is 324. The van der Waals surface area contributed by atoms with Crippen molar-refractivity contribution in [1.29, 1.82) is 0 Å². The molecule has 0 aliphatic heterocycles. The molecule has 84 valence electrons. The molecule has 0 aliphatic carbocycles. The van der Waals surface area contributed by atoms with E-state index in [0.717, 1.165) is 5.01 Å². The zero-order valence-corrected chi connectivity index (χ0v) is 9.41. The van der Waals surface area contributed by atoms with Crippen molar-refractivity contribution in [2.24, 2.45) is 0 Å². The van der Waals surface area contributed by atoms with Gasteiger partial charge < -0.3 is 15.5 Å². The van der Waals surface area contributed by atoms with Crippen LogP contribution >= 0.6 is 11.3 Å². The third-order valence-corrected chi connectivity index (χ3v) is 2.99. The van der Waals surface area contributed by atoms with Gasteiger partial charge in [-0.05, 0) is 13.8 Å². The van der Waals surface area contributed by atoms with E-state index in [9.17, 15) is 9.90 Å². The number of aliphatic hydroxyl groups is 1. The fraction of sp³-hybridized carbons (Fsp3) is 0.556. The lowest BCUT2D eigenvalue weighted by Gasteiger charge is -2.20. The second kappa shape index (κ2) is 4.69. The standard InChI is InChI=1S/C9H14N2O3S/c1-6(7-10-3-4-15-7)11-5-9(2,14)8(12)13/h3-4,6,11,14H,5H2,1-2H3,(H,12,13). The van der Waals surface area contributed by atoms with E-state index < -0.39 is 11.6 Å². The molecule has 0 bridgehead atoms. The Labute approximate surface area is 91.8 Å². The van der Waals surface area contributed by atoms with E-state index in [4.69, 9.17) is 5.11 Å². The highest BCUT2D eigenvalue weighted by molar-refractivity contribution is 7.09. The minimum absolute atomic E-state index is 0.0108. The van der Waals surface area contributed by atoms with E-state index in [2.05, 4.69) is 10.3 Å². The second-order valence-corrected chi connectivity index (χ2v) is 4.48. The fourth-order valence-electron chi connectivity index (χ4n) is 0.963. The highest BCUT2D eigenvalue weighted by atomic mass is 32.1. The number of carboxylic acid groups (broad SMARTS) is 1. The summed E-state index contributed by atoms with van der Waals surface area (Å²) in [5, 5.41) is 23.8. The number of aromatic nitrogens is 1. The predicted molar refractivity (Wildman–Crippen MR) is 56.8 cm³/mol. The van der Waals surface area contributed by atoms with Crippen LogP contribution in [0.15, 0.2) is 11.6 Å². The molecular formula is C9H14N2O3S. The van der Waals surface area contributed by atoms with Gasteiger partial charge in [-0.3, -0.25) is 0 Å². The van der Waals surface area contributed by atoms with Gasteiger partial charge in [-0.1, -0.05) is 0 Å². The average Bonchev–Trinajstić information content (AvgIpc) is 2.66. The van der Waals surface area contributed by atoms with Gasteiger partial charge in [-0.2, -0.15) is 0 Å². The van der Waals surface area contributed by atoms with Gasteiger partial charge in [0.25, 0.3) is 0 Å². The Kier molecular flexibility index (Phi) is 3.78. The monoisotopic (exact) mass is 230 g/mol. The van der Waals surface area contributed by atoms with Crippen LogP contribution in [0.1, 0.15) is 24.9 Å². The van der Waals surface area contributed by atoms with Crippen LogP contribution in [-0.2, 0) is 4.79 Å². The third-order valence-electron chi connectivity index (χ3n) is 2.04. The average molecular weight is 230 g/mol. The highest BCUT2D eigenvalue weighted by Gasteiger charge is 2.30. The van der Waals surface area contributed by atoms with E-state index in [0.29, 0.717) is 0 Å². The van der Waals surface area contributed by atoms with Crippen LogP contribution in [0.25, 0.3) is 0 Å². The minimum atomic E-state index is -1.74. The van der Waals surface area contributed by atoms with Gasteiger partial charge in [0.1, 0.15) is 5.01 Å². The molecule has 2 atom stereocenters. The maximum absolute atomic E-state index is 10.6. The van der Waals surface area contributed by atoms with Crippen LogP contribution in [0.2, 0.25) is 0 Å². The Hall–Kier alpha value is -0.980. The first-order valence-corrected chi connectivity index (χ1v) is 5.40. The molecule has 15 heavy (non-hydrogen) atoms. The molecule has 1 aromatic rings. The predicted octanol–water partition coefficient (Wildman–Crippen LogP) is 0.629. The number of carbonyl (C=O) groups is 1. The van der Waals surface area contributed by atoms with Gasteiger partial charge in [0.2, 0.25) is 0 Å². The maximum atomic E-state index is 10.6. The summed E-state index contributed by atoms with van der Waals surface area (Å²) >= 11 is 1.49. The Morgan fingerprint density at radius 3 is 2.93 bits per heavy atom. The van der Waals surface area contributed by atoms with Crippen LogP contribution in [-0.4, -0.2) is 33.3 Å². The molecule has 3 N–H and O–H groups in total. The zero-order chi connectivity index (χ0) is 11.5. The van der Waals surface area contributed by atoms with Crippen molar-refractivity contribution in [3.05, 3.63) is 16.6 Å². The van der Waals surface area contributed by atoms with Gasteiger partial charge in [0.15, 0.2) is 5.60 Å². The summed E-state index contributed by atoms with van der Waals surface area (Å²) in [5.74, 6) is -1.23. The minimum Gasteiger partial charge on any atom is -0.479 e. The molecule has 0 saturated heterocycles. The molecule has 5 nitrogen and oxygen atoms in total. The number of hydrogen-bond acceptors (Lipinski definition) is 5. The zero-order valence-electron chi connectivity index (χ0n) is 8.60. The Morgan fingerprint density at radius 1 is 1.80 bits per heavy atom. The number of aliphatic carboxylic acids is 1. The summed E-state index contributed by atoms with van der Waals surface area (Å²) in [5.41, 5.74) is -1.74. The van der Waals surface area contributed by atoms with Crippen molar-refractivity contribution in [2.45, 2.75) is 25.5 Å². The fourth-order valence-corrected chi connectivity index (χ4v) is 1.63. The van der Waals surface area contributed by atoms with Gasteiger partial charge in [0, 0.05) is 18.1 Å². The lowest BCUT2D eigenvalue weighted by molar-refractivity contribution is -0.156. The van der Waals surface area contributed by atoms with Crippen molar-refractivity contribution in [2.75, 3.05) is 6.54 Å². The molecule has 1 heterocycles. The maximum Gasteiger partial charge on any atom is 0.336 e. The number of carboxylic acids is 1. The molecule has 6 heteroatoms. The second-order valence-electron chi connectivity index (χ2n) is 3.55. The number of nitrogens with zero attached hydrogens (tertiary/aromatic N) is 1. The van der Waals surface area contributed by atoms with Crippen LogP contribution in [0.5, 0.6) is 0 Å². The largest absolute Gasteiger partial charge is 0.479 e. The first kappa shape index (κ1) is 12.1. The van der Waals surface area contributed by atoms with Crippen molar-refractivity contribution in [1.82, 2.24) is 10.3 Å². The van der Waals surface area contributed by atoms with Gasteiger partial charge in [-0.25, -0.2) is 9.78 Å². The topological polar surface area (TPSA) is 82.5 Å². The van der Waals surface area contributed by atoms with Crippen LogP contribution in [0.3, 0.4) is 0 Å². The highest BCUT2D eigenvalue weighted by Crippen LogP contribution is 2.15. The van der Waals surface area contributed by atoms with E-state index in [1.54, 1.807) is 6.20 Å². The van der Waals surface area contributed by atoms with E-state index in [1.165, 1.54) is 18.3 Å². The van der Waals surface area contributed by atoms with Crippen LogP contribution in [0.4, 0.5) is 0 Å². The summed E-state index contributed by atoms with van der Waals surface area (Å²) in [7, 11) is 0. The van der Waals surface area contributed by atoms with E-state index >= 15 is 0 Å². The molecule has 1 aromatic heterocycles. The first-order chi connectivity index (χ1) is 6.93. The van der Waals surface area contributed by atoms with Gasteiger partial charge in [-0.15, -0.1) is 11.3 Å². The summed E-state index contributed by atoms with van der Waals surface area (Å²) < 4.78 is 0. The summed E-state index contributed by atoms with van der Waals surface area (Å²) in [4.78, 5) is 14.7. The molecule has 1 rings (SSSR count). The van der Waals surface area contributed by atoms with Gasteiger partial charge in [0.05, 0.1) is 6.04 Å². The number of hydrogen-bond donors (Lipinski definition) is 3. The normalized spacial score (nSPS) is 17.0. The lowest BCUT2D eigenvalue weighted by atomic mass is 10.1. The van der Waals surface area contributed by atoms with Gasteiger partial charge >= 0.3 is 5.97 Å². The summed E-state index contributed by atoms with van der Waals surface area (Å²) in [6.07, 6.45) is 1.69. The summed E-state index contributed by atoms with van der Waals surface area (Å²) in [6.45, 7) is 3.12. The van der Waals surface area contributed by atoms with Crippen LogP contribution in [0, 0.1) is 0 Å². The number of rotatable bonds is 5. The first-order valence-electron chi connectivity index (χ1n) is 4.52. The molecule has 0 spiro atoms. The van der Waals surface area contributed by atoms with Crippen molar-refractivity contribution >= 4 is 17.3 Å². The smallest absolute Gasteiger partial charge is 0.336 e.